The zero-order chi connectivity index (χ0) is 21.2. The lowest BCUT2D eigenvalue weighted by atomic mass is 9.87. The number of hydrogen-bond donors (Lipinski definition) is 0. The minimum absolute atomic E-state index is 0.858. The van der Waals surface area contributed by atoms with Crippen LogP contribution in [0.5, 0.6) is 5.75 Å². The highest BCUT2D eigenvalue weighted by Gasteiger charge is 2.14. The van der Waals surface area contributed by atoms with Gasteiger partial charge in [0.05, 0.1) is 6.61 Å². The summed E-state index contributed by atoms with van der Waals surface area (Å²) < 4.78 is 6.16. The number of fused-ring (bicyclic) bond motifs is 1. The van der Waals surface area contributed by atoms with Crippen LogP contribution in [-0.2, 0) is 0 Å². The van der Waals surface area contributed by atoms with Crippen LogP contribution in [0.4, 0.5) is 0 Å². The van der Waals surface area contributed by atoms with Crippen molar-refractivity contribution >= 4 is 10.8 Å². The van der Waals surface area contributed by atoms with Gasteiger partial charge in [-0.05, 0) is 60.6 Å². The molecule has 0 saturated heterocycles. The largest absolute Gasteiger partial charge is 0.493 e. The zero-order valence-corrected chi connectivity index (χ0v) is 19.9. The molecule has 1 heteroatoms. The number of aryl methyl sites for hydroxylation is 2. The Morgan fingerprint density at radius 3 is 2.07 bits per heavy atom. The zero-order valence-electron chi connectivity index (χ0n) is 19.9. The molecule has 0 amide bonds. The van der Waals surface area contributed by atoms with Gasteiger partial charge in [0, 0.05) is 5.39 Å². The second kappa shape index (κ2) is 12.3. The van der Waals surface area contributed by atoms with E-state index in [1.807, 2.05) is 0 Å². The van der Waals surface area contributed by atoms with Gasteiger partial charge in [0.25, 0.3) is 0 Å². The summed E-state index contributed by atoms with van der Waals surface area (Å²) in [5.74, 6) is 3.78. The normalized spacial score (nSPS) is 16.8. The van der Waals surface area contributed by atoms with E-state index >= 15 is 0 Å². The highest BCUT2D eigenvalue weighted by molar-refractivity contribution is 5.91. The first kappa shape index (κ1) is 23.8. The molecule has 1 nitrogen and oxygen atoms in total. The summed E-state index contributed by atoms with van der Waals surface area (Å²) in [4.78, 5) is 0. The molecule has 2 unspecified atom stereocenters. The second-order valence-corrected chi connectivity index (χ2v) is 9.27. The molecule has 2 atom stereocenters. The van der Waals surface area contributed by atoms with E-state index in [9.17, 15) is 0 Å². The second-order valence-electron chi connectivity index (χ2n) is 9.27. The average Bonchev–Trinajstić information content (AvgIpc) is 2.77. The van der Waals surface area contributed by atoms with Crippen molar-refractivity contribution < 1.29 is 4.74 Å². The van der Waals surface area contributed by atoms with E-state index in [1.54, 1.807) is 0 Å². The Bertz CT molecular complexity index is 718. The van der Waals surface area contributed by atoms with E-state index in [1.165, 1.54) is 73.3 Å². The lowest BCUT2D eigenvalue weighted by molar-refractivity contribution is 0.248. The highest BCUT2D eigenvalue weighted by atomic mass is 16.5. The smallest absolute Gasteiger partial charge is 0.127 e. The number of benzene rings is 2. The lowest BCUT2D eigenvalue weighted by Crippen LogP contribution is -2.11. The summed E-state index contributed by atoms with van der Waals surface area (Å²) in [6.45, 7) is 14.4. The van der Waals surface area contributed by atoms with Crippen LogP contribution in [0.3, 0.4) is 0 Å². The van der Waals surface area contributed by atoms with Crippen molar-refractivity contribution in [2.24, 2.45) is 17.8 Å². The molecule has 1 saturated carbocycles. The number of hydrogen-bond acceptors (Lipinski definition) is 1. The molecular weight excluding hydrogens is 352 g/mol. The Morgan fingerprint density at radius 1 is 0.897 bits per heavy atom. The van der Waals surface area contributed by atoms with Gasteiger partial charge in [0.2, 0.25) is 0 Å². The molecule has 1 aliphatic carbocycles. The van der Waals surface area contributed by atoms with Gasteiger partial charge >= 0.3 is 0 Å². The molecule has 0 radical (unpaired) electrons. The third kappa shape index (κ3) is 7.05. The molecule has 0 spiro atoms. The van der Waals surface area contributed by atoms with E-state index < -0.39 is 0 Å². The number of rotatable bonds is 7. The van der Waals surface area contributed by atoms with Crippen LogP contribution in [0, 0.1) is 31.6 Å². The van der Waals surface area contributed by atoms with Gasteiger partial charge in [0.15, 0.2) is 0 Å². The molecular formula is C28H44O. The van der Waals surface area contributed by atoms with Crippen LogP contribution in [0.1, 0.15) is 90.2 Å². The molecule has 0 N–H and O–H groups in total. The Balaban J connectivity index is 0.000000321. The van der Waals surface area contributed by atoms with Crippen molar-refractivity contribution in [3.8, 4) is 5.75 Å². The minimum atomic E-state index is 0.858. The summed E-state index contributed by atoms with van der Waals surface area (Å²) in [6.07, 6.45) is 10.9. The standard InChI is InChI=1S/C20H26O.C8H18/c1-15-14-20(19-11-7-6-10-18(19)16(15)2)21-13-12-17-8-4-3-5-9-17;1-5-7(3)8(4)6-2/h6-7,10-11,14,17H,3-5,8-9,12-13H2,1-2H3;7-8H,5-6H2,1-4H3. The molecule has 162 valence electrons. The van der Waals surface area contributed by atoms with Crippen LogP contribution in [0.25, 0.3) is 10.8 Å². The third-order valence-electron chi connectivity index (χ3n) is 7.30. The van der Waals surface area contributed by atoms with Crippen molar-refractivity contribution in [1.29, 1.82) is 0 Å². The van der Waals surface area contributed by atoms with Crippen molar-refractivity contribution in [2.75, 3.05) is 6.61 Å². The Morgan fingerprint density at radius 2 is 1.48 bits per heavy atom. The molecule has 3 rings (SSSR count). The van der Waals surface area contributed by atoms with Crippen molar-refractivity contribution in [2.45, 2.75) is 92.9 Å². The quantitative estimate of drug-likeness (QED) is 0.454. The van der Waals surface area contributed by atoms with Crippen LogP contribution >= 0.6 is 0 Å². The summed E-state index contributed by atoms with van der Waals surface area (Å²) >= 11 is 0. The van der Waals surface area contributed by atoms with Crippen LogP contribution in [0.15, 0.2) is 30.3 Å². The third-order valence-corrected chi connectivity index (χ3v) is 7.30. The van der Waals surface area contributed by atoms with Crippen LogP contribution in [-0.4, -0.2) is 6.61 Å². The topological polar surface area (TPSA) is 9.23 Å². The molecule has 0 heterocycles. The monoisotopic (exact) mass is 396 g/mol. The minimum Gasteiger partial charge on any atom is -0.493 e. The predicted molar refractivity (Wildman–Crippen MR) is 129 cm³/mol. The van der Waals surface area contributed by atoms with Crippen LogP contribution in [0.2, 0.25) is 0 Å². The molecule has 0 aromatic heterocycles. The van der Waals surface area contributed by atoms with Gasteiger partial charge in [-0.25, -0.2) is 0 Å². The summed E-state index contributed by atoms with van der Waals surface area (Å²) in [6, 6.07) is 10.8. The maximum atomic E-state index is 6.16. The first-order valence-corrected chi connectivity index (χ1v) is 12.1. The molecule has 1 fully saturated rings. The van der Waals surface area contributed by atoms with Crippen molar-refractivity contribution in [3.05, 3.63) is 41.5 Å². The summed E-state index contributed by atoms with van der Waals surface area (Å²) in [7, 11) is 0. The van der Waals surface area contributed by atoms with Crippen molar-refractivity contribution in [1.82, 2.24) is 0 Å². The van der Waals surface area contributed by atoms with Gasteiger partial charge in [-0.15, -0.1) is 0 Å². The maximum absolute atomic E-state index is 6.16. The highest BCUT2D eigenvalue weighted by Crippen LogP contribution is 2.32. The van der Waals surface area contributed by atoms with Crippen molar-refractivity contribution in [3.63, 3.8) is 0 Å². The fraction of sp³-hybridized carbons (Fsp3) is 0.643. The Labute approximate surface area is 180 Å². The lowest BCUT2D eigenvalue weighted by Gasteiger charge is -2.21. The average molecular weight is 397 g/mol. The molecule has 29 heavy (non-hydrogen) atoms. The van der Waals surface area contributed by atoms with Gasteiger partial charge in [-0.1, -0.05) is 96.9 Å². The van der Waals surface area contributed by atoms with Gasteiger partial charge in [-0.3, -0.25) is 0 Å². The Hall–Kier alpha value is -1.50. The fourth-order valence-corrected chi connectivity index (χ4v) is 4.36. The Kier molecular flexibility index (Phi) is 10.0. The van der Waals surface area contributed by atoms with E-state index in [2.05, 4.69) is 71.9 Å². The molecule has 1 aliphatic rings. The van der Waals surface area contributed by atoms with E-state index in [4.69, 9.17) is 4.74 Å². The molecule has 0 aliphatic heterocycles. The summed E-state index contributed by atoms with van der Waals surface area (Å²) in [5, 5.41) is 2.58. The van der Waals surface area contributed by atoms with E-state index in [0.29, 0.717) is 0 Å². The number of ether oxygens (including phenoxy) is 1. The van der Waals surface area contributed by atoms with Gasteiger partial charge in [-0.2, -0.15) is 0 Å². The fourth-order valence-electron chi connectivity index (χ4n) is 4.36. The van der Waals surface area contributed by atoms with Crippen LogP contribution < -0.4 is 4.74 Å². The molecule has 2 aromatic rings. The first-order chi connectivity index (χ1) is 14.0. The molecule has 2 aromatic carbocycles. The first-order valence-electron chi connectivity index (χ1n) is 12.1. The van der Waals surface area contributed by atoms with E-state index in [-0.39, 0.29) is 0 Å². The summed E-state index contributed by atoms with van der Waals surface area (Å²) in [5.41, 5.74) is 2.69. The molecule has 0 bridgehead atoms. The van der Waals surface area contributed by atoms with Gasteiger partial charge in [0.1, 0.15) is 5.75 Å². The van der Waals surface area contributed by atoms with Gasteiger partial charge < -0.3 is 4.74 Å². The SMILES string of the molecule is CCC(C)C(C)CC.Cc1cc(OCCC2CCCCC2)c2ccccc2c1C. The predicted octanol–water partition coefficient (Wildman–Crippen LogP) is 8.88. The maximum Gasteiger partial charge on any atom is 0.127 e. The van der Waals surface area contributed by atoms with E-state index in [0.717, 1.165) is 30.1 Å².